The summed E-state index contributed by atoms with van der Waals surface area (Å²) in [4.78, 5) is 23.2. The number of ether oxygens (including phenoxy) is 1. The van der Waals surface area contributed by atoms with Crippen LogP contribution in [0.25, 0.3) is 11.2 Å². The molecule has 2 aromatic heterocycles. The molecule has 0 saturated carbocycles. The number of aliphatic hydroxyl groups excluding tert-OH is 2. The monoisotopic (exact) mass is 480 g/mol. The summed E-state index contributed by atoms with van der Waals surface area (Å²) in [6.45, 7) is 4.66. The lowest BCUT2D eigenvalue weighted by atomic mass is 10.1. The third-order valence-corrected chi connectivity index (χ3v) is 6.47. The van der Waals surface area contributed by atoms with Gasteiger partial charge in [-0.15, -0.1) is 13.2 Å². The normalized spacial score (nSPS) is 27.3. The zero-order chi connectivity index (χ0) is 18.5. The number of nitrogens with zero attached hydrogens (tertiary/aromatic N) is 3. The minimum atomic E-state index is -1.26. The first-order valence-electron chi connectivity index (χ1n) is 7.92. The largest absolute Gasteiger partial charge is 0.388 e. The topological polar surface area (TPSA) is 113 Å². The number of imidazole rings is 1. The van der Waals surface area contributed by atoms with Gasteiger partial charge >= 0.3 is 0 Å². The molecule has 3 rings (SSSR count). The molecule has 0 spiro atoms. The molecule has 0 aliphatic carbocycles. The fourth-order valence-electron chi connectivity index (χ4n) is 2.95. The van der Waals surface area contributed by atoms with Gasteiger partial charge in [-0.1, -0.05) is 0 Å². The Morgan fingerprint density at radius 2 is 2.04 bits per heavy atom. The first-order valence-corrected chi connectivity index (χ1v) is 12.0. The van der Waals surface area contributed by atoms with E-state index >= 15 is 0 Å². The Bertz CT molecular complexity index is 905. The van der Waals surface area contributed by atoms with Crippen molar-refractivity contribution in [1.82, 2.24) is 19.5 Å². The highest BCUT2D eigenvalue weighted by Crippen LogP contribution is 2.40. The predicted molar refractivity (Wildman–Crippen MR) is 107 cm³/mol. The van der Waals surface area contributed by atoms with E-state index in [1.807, 2.05) is 22.6 Å². The lowest BCUT2D eigenvalue weighted by Crippen LogP contribution is -2.32. The van der Waals surface area contributed by atoms with E-state index in [1.54, 1.807) is 11.5 Å². The Kier molecular flexibility index (Phi) is 5.15. The van der Waals surface area contributed by atoms with Crippen LogP contribution in [0.1, 0.15) is 18.5 Å². The number of aromatic nitrogens is 4. The molecular weight excluding hydrogens is 458 g/mol. The van der Waals surface area contributed by atoms with Crippen LogP contribution in [-0.4, -0.2) is 73.8 Å². The minimum Gasteiger partial charge on any atom is -0.388 e. The average molecular weight is 480 g/mol. The number of aliphatic hydroxyl groups is 2. The van der Waals surface area contributed by atoms with Crippen LogP contribution in [-0.2, 0) is 4.74 Å². The summed E-state index contributed by atoms with van der Waals surface area (Å²) in [7, 11) is 0. The van der Waals surface area contributed by atoms with Gasteiger partial charge in [0, 0.05) is 22.6 Å². The second-order valence-corrected chi connectivity index (χ2v) is 12.4. The van der Waals surface area contributed by atoms with Gasteiger partial charge in [0.25, 0.3) is 5.56 Å². The number of aromatic amines is 1. The van der Waals surface area contributed by atoms with Crippen LogP contribution in [0.5, 0.6) is 0 Å². The van der Waals surface area contributed by atoms with E-state index in [4.69, 9.17) is 4.74 Å². The number of hydrogen-bond donors (Lipinski definition) is 3. The standard InChI is InChI=1S/C15H22IN4O4P/c1-7-17-12-9(13(23)18-7)19-15(16)20(12)14-11(22)10(21)8(24-14)5-6-25(2,3)4/h8,10-11,14,21-22H,2,5-6H2,1,3-4H3,(H,17,18,23)/t8-,10-,11?,14?/m1/s1. The molecular formula is C15H22IN4O4P. The Labute approximate surface area is 158 Å². The van der Waals surface area contributed by atoms with E-state index < -0.39 is 31.4 Å². The highest BCUT2D eigenvalue weighted by atomic mass is 127. The lowest BCUT2D eigenvalue weighted by molar-refractivity contribution is -0.0367. The Balaban J connectivity index is 1.97. The van der Waals surface area contributed by atoms with Gasteiger partial charge in [0.2, 0.25) is 0 Å². The van der Waals surface area contributed by atoms with Crippen LogP contribution in [0.15, 0.2) is 4.79 Å². The fourth-order valence-corrected chi connectivity index (χ4v) is 4.65. The van der Waals surface area contributed by atoms with Crippen LogP contribution in [0, 0.1) is 10.8 Å². The van der Waals surface area contributed by atoms with Crippen molar-refractivity contribution in [1.29, 1.82) is 0 Å². The van der Waals surface area contributed by atoms with Crippen LogP contribution >= 0.6 is 29.5 Å². The third kappa shape index (κ3) is 3.71. The highest BCUT2D eigenvalue weighted by molar-refractivity contribution is 14.1. The van der Waals surface area contributed by atoms with Gasteiger partial charge in [-0.2, -0.15) is 0 Å². The molecule has 1 saturated heterocycles. The molecule has 25 heavy (non-hydrogen) atoms. The van der Waals surface area contributed by atoms with Crippen molar-refractivity contribution >= 4 is 46.9 Å². The Morgan fingerprint density at radius 3 is 2.68 bits per heavy atom. The van der Waals surface area contributed by atoms with E-state index in [-0.39, 0.29) is 11.1 Å². The first-order chi connectivity index (χ1) is 11.6. The number of H-pyrrole nitrogens is 1. The molecule has 0 aromatic carbocycles. The van der Waals surface area contributed by atoms with Crippen molar-refractivity contribution in [3.8, 4) is 0 Å². The van der Waals surface area contributed by atoms with Crippen molar-refractivity contribution in [3.05, 3.63) is 20.0 Å². The number of halogens is 1. The van der Waals surface area contributed by atoms with Gasteiger partial charge in [0.15, 0.2) is 21.2 Å². The quantitative estimate of drug-likeness (QED) is 0.338. The summed E-state index contributed by atoms with van der Waals surface area (Å²) in [6.07, 6.45) is 2.19. The smallest absolute Gasteiger partial charge is 0.279 e. The molecule has 1 aliphatic heterocycles. The predicted octanol–water partition coefficient (Wildman–Crippen LogP) is 0.751. The van der Waals surface area contributed by atoms with Crippen molar-refractivity contribution in [2.24, 2.45) is 0 Å². The molecule has 8 nitrogen and oxygen atoms in total. The molecule has 0 amide bonds. The SMILES string of the molecule is C=P(C)(C)CC[C@H]1OC(n2c(I)nc3c(=O)[nH]c(C)nc32)C(O)[C@@H]1O. The van der Waals surface area contributed by atoms with Gasteiger partial charge in [-0.25, -0.2) is 9.97 Å². The lowest BCUT2D eigenvalue weighted by Gasteiger charge is -2.19. The molecule has 2 aromatic rings. The Hall–Kier alpha value is -0.740. The minimum absolute atomic E-state index is 0.188. The van der Waals surface area contributed by atoms with E-state index in [0.29, 0.717) is 21.7 Å². The van der Waals surface area contributed by atoms with Crippen molar-refractivity contribution in [3.63, 3.8) is 0 Å². The molecule has 3 heterocycles. The molecule has 138 valence electrons. The average Bonchev–Trinajstić information content (AvgIpc) is 2.95. The summed E-state index contributed by atoms with van der Waals surface area (Å²) in [5.74, 6) is 0.447. The Morgan fingerprint density at radius 1 is 1.36 bits per heavy atom. The van der Waals surface area contributed by atoms with Gasteiger partial charge in [-0.3, -0.25) is 9.36 Å². The summed E-state index contributed by atoms with van der Waals surface area (Å²) in [6, 6.07) is 0. The van der Waals surface area contributed by atoms with E-state index in [9.17, 15) is 15.0 Å². The van der Waals surface area contributed by atoms with Crippen molar-refractivity contribution < 1.29 is 14.9 Å². The molecule has 1 fully saturated rings. The molecule has 0 radical (unpaired) electrons. The summed E-state index contributed by atoms with van der Waals surface area (Å²) in [5.41, 5.74) is 0.188. The van der Waals surface area contributed by atoms with Crippen molar-refractivity contribution in [2.75, 3.05) is 19.5 Å². The summed E-state index contributed by atoms with van der Waals surface area (Å²) < 4.78 is 8.00. The molecule has 10 heteroatoms. The maximum absolute atomic E-state index is 12.1. The van der Waals surface area contributed by atoms with Crippen LogP contribution in [0.3, 0.4) is 0 Å². The van der Waals surface area contributed by atoms with Crippen LogP contribution in [0.4, 0.5) is 0 Å². The van der Waals surface area contributed by atoms with E-state index in [2.05, 4.69) is 34.6 Å². The zero-order valence-electron chi connectivity index (χ0n) is 14.3. The van der Waals surface area contributed by atoms with Crippen LogP contribution in [0.2, 0.25) is 0 Å². The fraction of sp³-hybridized carbons (Fsp3) is 0.600. The number of rotatable bonds is 4. The van der Waals surface area contributed by atoms with Gasteiger partial charge in [0.05, 0.1) is 6.10 Å². The second-order valence-electron chi connectivity index (χ2n) is 7.07. The van der Waals surface area contributed by atoms with E-state index in [1.165, 1.54) is 0 Å². The molecule has 0 bridgehead atoms. The highest BCUT2D eigenvalue weighted by Gasteiger charge is 2.44. The molecule has 1 aliphatic rings. The number of aryl methyl sites for hydroxylation is 1. The molecule has 2 unspecified atom stereocenters. The summed E-state index contributed by atoms with van der Waals surface area (Å²) in [5, 5.41) is 20.9. The molecule has 4 atom stereocenters. The molecule has 3 N–H and O–H groups in total. The van der Waals surface area contributed by atoms with Gasteiger partial charge in [0.1, 0.15) is 18.0 Å². The number of hydrogen-bond acceptors (Lipinski definition) is 6. The maximum Gasteiger partial charge on any atom is 0.279 e. The first kappa shape index (κ1) is 19.0. The number of nitrogens with one attached hydrogen (secondary N) is 1. The van der Waals surface area contributed by atoms with Crippen LogP contribution < -0.4 is 5.56 Å². The van der Waals surface area contributed by atoms with Gasteiger partial charge in [-0.05, 0) is 32.8 Å². The zero-order valence-corrected chi connectivity index (χ0v) is 17.4. The summed E-state index contributed by atoms with van der Waals surface area (Å²) >= 11 is 1.97. The van der Waals surface area contributed by atoms with Crippen molar-refractivity contribution in [2.45, 2.75) is 37.9 Å². The second kappa shape index (κ2) is 6.77. The number of fused-ring (bicyclic) bond motifs is 1. The third-order valence-electron chi connectivity index (χ3n) is 4.24. The maximum atomic E-state index is 12.1. The van der Waals surface area contributed by atoms with E-state index in [0.717, 1.165) is 6.16 Å². The van der Waals surface area contributed by atoms with Gasteiger partial charge < -0.3 is 19.9 Å².